The first kappa shape index (κ1) is 13.7. The van der Waals surface area contributed by atoms with Crippen LogP contribution in [0.5, 0.6) is 0 Å². The Kier molecular flexibility index (Phi) is 6.74. The van der Waals surface area contributed by atoms with Crippen molar-refractivity contribution >= 4 is 11.3 Å². The predicted molar refractivity (Wildman–Crippen MR) is 74.2 cm³/mol. The van der Waals surface area contributed by atoms with Gasteiger partial charge < -0.3 is 5.32 Å². The number of thiophene rings is 1. The molecule has 0 radical (unpaired) electrons. The maximum absolute atomic E-state index is 3.62. The Morgan fingerprint density at radius 3 is 2.75 bits per heavy atom. The Morgan fingerprint density at radius 1 is 1.38 bits per heavy atom. The SMILES string of the molecule is CCCNC(C)C(CC)CCc1cccs1. The van der Waals surface area contributed by atoms with Crippen LogP contribution in [0.15, 0.2) is 17.5 Å². The molecule has 2 atom stereocenters. The molecule has 0 bridgehead atoms. The summed E-state index contributed by atoms with van der Waals surface area (Å²) in [7, 11) is 0. The second-order valence-corrected chi connectivity index (χ2v) is 5.56. The Balaban J connectivity index is 2.30. The van der Waals surface area contributed by atoms with E-state index in [-0.39, 0.29) is 0 Å². The van der Waals surface area contributed by atoms with Crippen molar-refractivity contribution < 1.29 is 0 Å². The van der Waals surface area contributed by atoms with Crippen LogP contribution in [0.2, 0.25) is 0 Å². The van der Waals surface area contributed by atoms with E-state index in [1.807, 2.05) is 11.3 Å². The summed E-state index contributed by atoms with van der Waals surface area (Å²) in [5, 5.41) is 5.79. The minimum absolute atomic E-state index is 0.657. The Labute approximate surface area is 104 Å². The van der Waals surface area contributed by atoms with Crippen molar-refractivity contribution in [3.63, 3.8) is 0 Å². The molecule has 0 spiro atoms. The molecule has 92 valence electrons. The van der Waals surface area contributed by atoms with Gasteiger partial charge in [-0.2, -0.15) is 0 Å². The van der Waals surface area contributed by atoms with E-state index >= 15 is 0 Å². The van der Waals surface area contributed by atoms with E-state index in [0.29, 0.717) is 6.04 Å². The molecule has 16 heavy (non-hydrogen) atoms. The van der Waals surface area contributed by atoms with Crippen molar-refractivity contribution in [1.82, 2.24) is 5.32 Å². The van der Waals surface area contributed by atoms with Gasteiger partial charge in [0.2, 0.25) is 0 Å². The molecule has 0 saturated heterocycles. The van der Waals surface area contributed by atoms with Gasteiger partial charge in [0.05, 0.1) is 0 Å². The molecule has 0 amide bonds. The molecule has 0 fully saturated rings. The number of hydrogen-bond donors (Lipinski definition) is 1. The summed E-state index contributed by atoms with van der Waals surface area (Å²) in [4.78, 5) is 1.53. The van der Waals surface area contributed by atoms with Gasteiger partial charge >= 0.3 is 0 Å². The van der Waals surface area contributed by atoms with E-state index in [9.17, 15) is 0 Å². The molecule has 2 unspecified atom stereocenters. The second-order valence-electron chi connectivity index (χ2n) is 4.53. The lowest BCUT2D eigenvalue weighted by Gasteiger charge is -2.23. The fourth-order valence-electron chi connectivity index (χ4n) is 2.13. The minimum atomic E-state index is 0.657. The molecular weight excluding hydrogens is 214 g/mol. The highest BCUT2D eigenvalue weighted by atomic mass is 32.1. The van der Waals surface area contributed by atoms with E-state index in [4.69, 9.17) is 0 Å². The van der Waals surface area contributed by atoms with Gasteiger partial charge in [-0.25, -0.2) is 0 Å². The van der Waals surface area contributed by atoms with Gasteiger partial charge in [-0.05, 0) is 50.1 Å². The highest BCUT2D eigenvalue weighted by molar-refractivity contribution is 7.09. The van der Waals surface area contributed by atoms with E-state index < -0.39 is 0 Å². The maximum atomic E-state index is 3.62. The first-order valence-corrected chi connectivity index (χ1v) is 7.41. The van der Waals surface area contributed by atoms with Crippen LogP contribution in [0.1, 0.15) is 44.9 Å². The third-order valence-corrected chi connectivity index (χ3v) is 4.23. The topological polar surface area (TPSA) is 12.0 Å². The van der Waals surface area contributed by atoms with E-state index in [1.165, 1.54) is 30.6 Å². The third-order valence-electron chi connectivity index (χ3n) is 3.29. The summed E-state index contributed by atoms with van der Waals surface area (Å²) in [6, 6.07) is 5.06. The molecule has 1 rings (SSSR count). The van der Waals surface area contributed by atoms with Crippen LogP contribution in [-0.4, -0.2) is 12.6 Å². The molecule has 0 saturated carbocycles. The zero-order valence-electron chi connectivity index (χ0n) is 10.8. The molecule has 1 nitrogen and oxygen atoms in total. The average Bonchev–Trinajstić information content (AvgIpc) is 2.80. The molecule has 0 aliphatic heterocycles. The summed E-state index contributed by atoms with van der Waals surface area (Å²) >= 11 is 1.88. The van der Waals surface area contributed by atoms with Crippen molar-refractivity contribution in [2.75, 3.05) is 6.54 Å². The van der Waals surface area contributed by atoms with Crippen molar-refractivity contribution in [1.29, 1.82) is 0 Å². The van der Waals surface area contributed by atoms with Crippen LogP contribution in [0.4, 0.5) is 0 Å². The number of nitrogens with one attached hydrogen (secondary N) is 1. The van der Waals surface area contributed by atoms with Crippen LogP contribution >= 0.6 is 11.3 Å². The highest BCUT2D eigenvalue weighted by Gasteiger charge is 2.14. The van der Waals surface area contributed by atoms with Gasteiger partial charge in [-0.15, -0.1) is 11.3 Å². The number of rotatable bonds is 8. The summed E-state index contributed by atoms with van der Waals surface area (Å²) in [5.41, 5.74) is 0. The molecule has 0 aliphatic rings. The van der Waals surface area contributed by atoms with Gasteiger partial charge in [-0.1, -0.05) is 26.3 Å². The lowest BCUT2D eigenvalue weighted by molar-refractivity contribution is 0.345. The number of hydrogen-bond acceptors (Lipinski definition) is 2. The summed E-state index contributed by atoms with van der Waals surface area (Å²) in [5.74, 6) is 0.814. The first-order valence-electron chi connectivity index (χ1n) is 6.53. The third kappa shape index (κ3) is 4.67. The molecule has 0 aromatic carbocycles. The van der Waals surface area contributed by atoms with Crippen LogP contribution in [0.3, 0.4) is 0 Å². The summed E-state index contributed by atoms with van der Waals surface area (Å²) < 4.78 is 0. The maximum Gasteiger partial charge on any atom is 0.00670 e. The highest BCUT2D eigenvalue weighted by Crippen LogP contribution is 2.19. The van der Waals surface area contributed by atoms with E-state index in [2.05, 4.69) is 43.6 Å². The zero-order chi connectivity index (χ0) is 11.8. The van der Waals surface area contributed by atoms with E-state index in [1.54, 1.807) is 0 Å². The normalized spacial score (nSPS) is 14.9. The zero-order valence-corrected chi connectivity index (χ0v) is 11.6. The second kappa shape index (κ2) is 7.86. The average molecular weight is 239 g/mol. The first-order chi connectivity index (χ1) is 7.77. The Bertz CT molecular complexity index is 256. The molecular formula is C14H25NS. The lowest BCUT2D eigenvalue weighted by atomic mass is 9.92. The van der Waals surface area contributed by atoms with Crippen molar-refractivity contribution in [2.45, 2.75) is 52.5 Å². The Hall–Kier alpha value is -0.340. The predicted octanol–water partition coefficient (Wildman–Crippen LogP) is 4.10. The van der Waals surface area contributed by atoms with Gasteiger partial charge in [0.1, 0.15) is 0 Å². The molecule has 1 aromatic heterocycles. The van der Waals surface area contributed by atoms with Gasteiger partial charge in [-0.3, -0.25) is 0 Å². The Morgan fingerprint density at radius 2 is 2.19 bits per heavy atom. The van der Waals surface area contributed by atoms with Crippen LogP contribution in [0, 0.1) is 5.92 Å². The smallest absolute Gasteiger partial charge is 0.00670 e. The summed E-state index contributed by atoms with van der Waals surface area (Å²) in [6.45, 7) is 8.02. The van der Waals surface area contributed by atoms with E-state index in [0.717, 1.165) is 12.5 Å². The fourth-order valence-corrected chi connectivity index (χ4v) is 2.85. The number of aryl methyl sites for hydroxylation is 1. The van der Waals surface area contributed by atoms with Crippen molar-refractivity contribution in [3.05, 3.63) is 22.4 Å². The molecule has 1 heterocycles. The fraction of sp³-hybridized carbons (Fsp3) is 0.714. The molecule has 2 heteroatoms. The summed E-state index contributed by atoms with van der Waals surface area (Å²) in [6.07, 6.45) is 5.07. The quantitative estimate of drug-likeness (QED) is 0.720. The molecule has 1 aromatic rings. The molecule has 1 N–H and O–H groups in total. The van der Waals surface area contributed by atoms with Crippen molar-refractivity contribution in [3.8, 4) is 0 Å². The monoisotopic (exact) mass is 239 g/mol. The largest absolute Gasteiger partial charge is 0.314 e. The van der Waals surface area contributed by atoms with Crippen molar-refractivity contribution in [2.24, 2.45) is 5.92 Å². The van der Waals surface area contributed by atoms with Gasteiger partial charge in [0.15, 0.2) is 0 Å². The standard InChI is InChI=1S/C14H25NS/c1-4-10-15-12(3)13(5-2)8-9-14-7-6-11-16-14/h6-7,11-13,15H,4-5,8-10H2,1-3H3. The van der Waals surface area contributed by atoms with Crippen LogP contribution < -0.4 is 5.32 Å². The lowest BCUT2D eigenvalue weighted by Crippen LogP contribution is -2.34. The van der Waals surface area contributed by atoms with Gasteiger partial charge in [0.25, 0.3) is 0 Å². The molecule has 0 aliphatic carbocycles. The minimum Gasteiger partial charge on any atom is -0.314 e. The van der Waals surface area contributed by atoms with Crippen LogP contribution in [-0.2, 0) is 6.42 Å². The van der Waals surface area contributed by atoms with Gasteiger partial charge in [0, 0.05) is 10.9 Å². The van der Waals surface area contributed by atoms with Crippen LogP contribution in [0.25, 0.3) is 0 Å².